The van der Waals surface area contributed by atoms with Crippen LogP contribution < -0.4 is 0 Å². The van der Waals surface area contributed by atoms with Crippen LogP contribution in [0.1, 0.15) is 24.7 Å². The second-order valence-electron chi connectivity index (χ2n) is 4.09. The lowest BCUT2D eigenvalue weighted by atomic mass is 10.1. The highest BCUT2D eigenvalue weighted by Gasteiger charge is 2.20. The maximum atomic E-state index is 4.66. The fourth-order valence-electron chi connectivity index (χ4n) is 2.31. The van der Waals surface area contributed by atoms with Crippen LogP contribution in [0.4, 0.5) is 0 Å². The monoisotopic (exact) mass is 221 g/mol. The Labute approximate surface area is 93.4 Å². The largest absolute Gasteiger partial charge is 0.297 e. The molecule has 2 aromatic rings. The van der Waals surface area contributed by atoms with E-state index in [9.17, 15) is 0 Å². The molecular weight excluding hydrogens is 206 g/mol. The molecule has 1 aliphatic heterocycles. The van der Waals surface area contributed by atoms with Gasteiger partial charge in [0.2, 0.25) is 0 Å². The topological polar surface area (TPSA) is 20.5 Å². The Morgan fingerprint density at radius 1 is 1.53 bits per heavy atom. The van der Waals surface area contributed by atoms with Gasteiger partial charge in [0.05, 0.1) is 11.4 Å². The van der Waals surface area contributed by atoms with Crippen molar-refractivity contribution >= 4 is 16.3 Å². The third-order valence-corrected chi connectivity index (χ3v) is 3.78. The summed E-state index contributed by atoms with van der Waals surface area (Å²) < 4.78 is 2.25. The number of rotatable bonds is 2. The zero-order chi connectivity index (χ0) is 10.3. The zero-order valence-corrected chi connectivity index (χ0v) is 9.76. The molecular formula is C11H15N3S. The van der Waals surface area contributed by atoms with Gasteiger partial charge in [-0.1, -0.05) is 6.92 Å². The second kappa shape index (κ2) is 3.61. The number of thiazole rings is 1. The van der Waals surface area contributed by atoms with E-state index in [1.807, 2.05) is 0 Å². The summed E-state index contributed by atoms with van der Waals surface area (Å²) in [5.41, 5.74) is 2.72. The van der Waals surface area contributed by atoms with Gasteiger partial charge in [0.15, 0.2) is 4.96 Å². The van der Waals surface area contributed by atoms with Crippen molar-refractivity contribution in [2.75, 3.05) is 13.1 Å². The molecule has 0 aliphatic carbocycles. The first kappa shape index (κ1) is 9.36. The maximum absolute atomic E-state index is 4.66. The predicted octanol–water partition coefficient (Wildman–Crippen LogP) is 2.16. The van der Waals surface area contributed by atoms with Gasteiger partial charge in [0.1, 0.15) is 0 Å². The van der Waals surface area contributed by atoms with Crippen molar-refractivity contribution in [3.63, 3.8) is 0 Å². The van der Waals surface area contributed by atoms with Crippen molar-refractivity contribution in [3.05, 3.63) is 23.0 Å². The first-order chi connectivity index (χ1) is 7.38. The van der Waals surface area contributed by atoms with E-state index in [4.69, 9.17) is 0 Å². The molecule has 15 heavy (non-hydrogen) atoms. The lowest BCUT2D eigenvalue weighted by molar-refractivity contribution is 0.249. The van der Waals surface area contributed by atoms with Crippen LogP contribution in [0, 0.1) is 0 Å². The molecule has 0 aromatic carbocycles. The molecule has 0 radical (unpaired) electrons. The average Bonchev–Trinajstić information content (AvgIpc) is 2.78. The van der Waals surface area contributed by atoms with Crippen LogP contribution in [0.2, 0.25) is 0 Å². The van der Waals surface area contributed by atoms with Crippen molar-refractivity contribution in [1.29, 1.82) is 0 Å². The van der Waals surface area contributed by atoms with Gasteiger partial charge in [-0.2, -0.15) is 0 Å². The van der Waals surface area contributed by atoms with Crippen LogP contribution in [-0.4, -0.2) is 27.4 Å². The molecule has 3 nitrogen and oxygen atoms in total. The minimum Gasteiger partial charge on any atom is -0.297 e. The summed E-state index contributed by atoms with van der Waals surface area (Å²) in [5.74, 6) is 0. The van der Waals surface area contributed by atoms with Crippen molar-refractivity contribution in [1.82, 2.24) is 14.3 Å². The molecule has 1 aliphatic rings. The first-order valence-corrected chi connectivity index (χ1v) is 6.42. The van der Waals surface area contributed by atoms with E-state index in [2.05, 4.69) is 32.8 Å². The van der Waals surface area contributed by atoms with Gasteiger partial charge < -0.3 is 0 Å². The van der Waals surface area contributed by atoms with E-state index in [1.54, 1.807) is 11.3 Å². The Morgan fingerprint density at radius 2 is 2.47 bits per heavy atom. The lowest BCUT2D eigenvalue weighted by Gasteiger charge is -2.25. The Morgan fingerprint density at radius 3 is 3.33 bits per heavy atom. The highest BCUT2D eigenvalue weighted by atomic mass is 32.1. The normalized spacial score (nSPS) is 17.1. The van der Waals surface area contributed by atoms with Gasteiger partial charge >= 0.3 is 0 Å². The molecule has 0 amide bonds. The summed E-state index contributed by atoms with van der Waals surface area (Å²) in [5, 5.41) is 2.11. The van der Waals surface area contributed by atoms with Crippen LogP contribution in [-0.2, 0) is 13.0 Å². The van der Waals surface area contributed by atoms with Gasteiger partial charge in [-0.15, -0.1) is 11.3 Å². The molecule has 0 fully saturated rings. The number of hydrogen-bond acceptors (Lipinski definition) is 3. The Kier molecular flexibility index (Phi) is 2.25. The molecule has 0 spiro atoms. The van der Waals surface area contributed by atoms with Crippen LogP contribution in [0.3, 0.4) is 0 Å². The Hall–Kier alpha value is -0.870. The van der Waals surface area contributed by atoms with Crippen LogP contribution >= 0.6 is 11.3 Å². The van der Waals surface area contributed by atoms with E-state index < -0.39 is 0 Å². The molecule has 3 heterocycles. The SMILES string of the molecule is CCCN1CCc2nc3sccn3c2C1. The molecule has 0 atom stereocenters. The Balaban J connectivity index is 1.98. The third kappa shape index (κ3) is 1.48. The van der Waals surface area contributed by atoms with Gasteiger partial charge in [-0.25, -0.2) is 4.98 Å². The second-order valence-corrected chi connectivity index (χ2v) is 4.96. The highest BCUT2D eigenvalue weighted by molar-refractivity contribution is 7.15. The first-order valence-electron chi connectivity index (χ1n) is 5.54. The standard InChI is InChI=1S/C11H15N3S/c1-2-4-13-5-3-9-10(8-13)14-6-7-15-11(14)12-9/h6-7H,2-5,8H2,1H3. The molecule has 4 heteroatoms. The molecule has 0 unspecified atom stereocenters. The van der Waals surface area contributed by atoms with Crippen molar-refractivity contribution < 1.29 is 0 Å². The van der Waals surface area contributed by atoms with Gasteiger partial charge in [0, 0.05) is 31.1 Å². The Bertz CT molecular complexity index is 471. The van der Waals surface area contributed by atoms with E-state index in [-0.39, 0.29) is 0 Å². The van der Waals surface area contributed by atoms with Crippen LogP contribution in [0.15, 0.2) is 11.6 Å². The summed E-state index contributed by atoms with van der Waals surface area (Å²) in [6, 6.07) is 0. The van der Waals surface area contributed by atoms with Gasteiger partial charge in [-0.05, 0) is 13.0 Å². The average molecular weight is 221 g/mol. The predicted molar refractivity (Wildman–Crippen MR) is 62.3 cm³/mol. The smallest absolute Gasteiger partial charge is 0.194 e. The molecule has 0 saturated heterocycles. The summed E-state index contributed by atoms with van der Waals surface area (Å²) in [6.45, 7) is 5.69. The fraction of sp³-hybridized carbons (Fsp3) is 0.545. The van der Waals surface area contributed by atoms with Gasteiger partial charge in [0.25, 0.3) is 0 Å². The summed E-state index contributed by atoms with van der Waals surface area (Å²) in [6.07, 6.45) is 4.49. The molecule has 80 valence electrons. The summed E-state index contributed by atoms with van der Waals surface area (Å²) >= 11 is 1.73. The lowest BCUT2D eigenvalue weighted by Crippen LogP contribution is -2.31. The molecule has 0 N–H and O–H groups in total. The number of fused-ring (bicyclic) bond motifs is 3. The number of hydrogen-bond donors (Lipinski definition) is 0. The van der Waals surface area contributed by atoms with Crippen LogP contribution in [0.5, 0.6) is 0 Å². The maximum Gasteiger partial charge on any atom is 0.194 e. The highest BCUT2D eigenvalue weighted by Crippen LogP contribution is 2.22. The minimum absolute atomic E-state index is 1.07. The number of nitrogens with zero attached hydrogens (tertiary/aromatic N) is 3. The van der Waals surface area contributed by atoms with E-state index >= 15 is 0 Å². The van der Waals surface area contributed by atoms with Crippen molar-refractivity contribution in [2.45, 2.75) is 26.3 Å². The van der Waals surface area contributed by atoms with Crippen LogP contribution in [0.25, 0.3) is 4.96 Å². The number of imidazole rings is 1. The van der Waals surface area contributed by atoms with E-state index in [0.29, 0.717) is 0 Å². The van der Waals surface area contributed by atoms with E-state index in [0.717, 1.165) is 17.9 Å². The van der Waals surface area contributed by atoms with Gasteiger partial charge in [-0.3, -0.25) is 9.30 Å². The number of aromatic nitrogens is 2. The molecule has 0 saturated carbocycles. The fourth-order valence-corrected chi connectivity index (χ4v) is 3.06. The zero-order valence-electron chi connectivity index (χ0n) is 8.94. The molecule has 2 aromatic heterocycles. The van der Waals surface area contributed by atoms with Crippen molar-refractivity contribution in [3.8, 4) is 0 Å². The van der Waals surface area contributed by atoms with Crippen molar-refractivity contribution in [2.24, 2.45) is 0 Å². The molecule has 3 rings (SSSR count). The summed E-state index contributed by atoms with van der Waals surface area (Å²) in [4.78, 5) is 8.34. The quantitative estimate of drug-likeness (QED) is 0.774. The summed E-state index contributed by atoms with van der Waals surface area (Å²) in [7, 11) is 0. The third-order valence-electron chi connectivity index (χ3n) is 3.02. The molecule has 0 bridgehead atoms. The minimum atomic E-state index is 1.07. The van der Waals surface area contributed by atoms with E-state index in [1.165, 1.54) is 30.9 Å².